The van der Waals surface area contributed by atoms with E-state index in [1.165, 1.54) is 11.1 Å². The van der Waals surface area contributed by atoms with E-state index >= 15 is 0 Å². The highest BCUT2D eigenvalue weighted by Gasteiger charge is 2.16. The molecule has 3 heteroatoms. The van der Waals surface area contributed by atoms with Crippen molar-refractivity contribution in [3.05, 3.63) is 59.5 Å². The first-order valence-electron chi connectivity index (χ1n) is 7.55. The molecule has 0 radical (unpaired) electrons. The van der Waals surface area contributed by atoms with Crippen molar-refractivity contribution in [2.45, 2.75) is 26.7 Å². The summed E-state index contributed by atoms with van der Waals surface area (Å²) < 4.78 is 0. The van der Waals surface area contributed by atoms with Gasteiger partial charge in [-0.3, -0.25) is 4.79 Å². The maximum Gasteiger partial charge on any atom is 0.150 e. The van der Waals surface area contributed by atoms with Gasteiger partial charge in [0.1, 0.15) is 6.29 Å². The highest BCUT2D eigenvalue weighted by Crippen LogP contribution is 2.30. The molecule has 1 aromatic carbocycles. The zero-order valence-corrected chi connectivity index (χ0v) is 12.8. The van der Waals surface area contributed by atoms with Crippen LogP contribution in [-0.2, 0) is 0 Å². The lowest BCUT2D eigenvalue weighted by atomic mass is 10.0. The van der Waals surface area contributed by atoms with E-state index in [2.05, 4.69) is 25.2 Å². The minimum absolute atomic E-state index is 0.626. The molecule has 3 nitrogen and oxygen atoms in total. The molecule has 1 aromatic heterocycles. The summed E-state index contributed by atoms with van der Waals surface area (Å²) in [6, 6.07) is 5.45. The van der Waals surface area contributed by atoms with E-state index in [0.717, 1.165) is 41.5 Å². The molecule has 2 aromatic rings. The number of fused-ring (bicyclic) bond motifs is 1. The van der Waals surface area contributed by atoms with E-state index in [1.54, 1.807) is 12.1 Å². The fraction of sp³-hybridized carbons (Fsp3) is 0.211. The Morgan fingerprint density at radius 1 is 1.27 bits per heavy atom. The second kappa shape index (κ2) is 6.06. The number of carbonyl (C=O) groups excluding carboxylic acids is 1. The van der Waals surface area contributed by atoms with Crippen molar-refractivity contribution in [2.24, 2.45) is 0 Å². The normalized spacial score (nSPS) is 14.5. The minimum Gasteiger partial charge on any atom is -0.298 e. The van der Waals surface area contributed by atoms with E-state index < -0.39 is 0 Å². The lowest BCUT2D eigenvalue weighted by Gasteiger charge is -2.12. The summed E-state index contributed by atoms with van der Waals surface area (Å²) in [6.45, 7) is 4.16. The van der Waals surface area contributed by atoms with E-state index in [-0.39, 0.29) is 0 Å². The van der Waals surface area contributed by atoms with Crippen molar-refractivity contribution >= 4 is 28.5 Å². The Morgan fingerprint density at radius 3 is 2.77 bits per heavy atom. The van der Waals surface area contributed by atoms with Gasteiger partial charge in [-0.05, 0) is 49.1 Å². The van der Waals surface area contributed by atoms with Crippen LogP contribution in [0.4, 0.5) is 0 Å². The molecule has 22 heavy (non-hydrogen) atoms. The Morgan fingerprint density at radius 2 is 2.14 bits per heavy atom. The molecule has 1 aliphatic rings. The van der Waals surface area contributed by atoms with Gasteiger partial charge in [0.25, 0.3) is 0 Å². The van der Waals surface area contributed by atoms with Gasteiger partial charge >= 0.3 is 0 Å². The van der Waals surface area contributed by atoms with Crippen LogP contribution in [0.5, 0.6) is 0 Å². The number of aromatic nitrogens is 2. The van der Waals surface area contributed by atoms with Gasteiger partial charge in [0, 0.05) is 5.56 Å². The molecule has 0 aliphatic heterocycles. The van der Waals surface area contributed by atoms with Crippen LogP contribution in [-0.4, -0.2) is 16.3 Å². The average Bonchev–Trinajstić information content (AvgIpc) is 3.09. The van der Waals surface area contributed by atoms with Crippen LogP contribution in [0.1, 0.15) is 48.4 Å². The van der Waals surface area contributed by atoms with E-state index in [9.17, 15) is 4.79 Å². The average molecular weight is 290 g/mol. The molecule has 0 unspecified atom stereocenters. The predicted molar refractivity (Wildman–Crippen MR) is 90.6 cm³/mol. The molecule has 0 fully saturated rings. The number of nitrogens with zero attached hydrogens (tertiary/aromatic N) is 2. The Bertz CT molecular complexity index is 829. The smallest absolute Gasteiger partial charge is 0.150 e. The van der Waals surface area contributed by atoms with Crippen molar-refractivity contribution in [1.29, 1.82) is 0 Å². The first kappa shape index (κ1) is 14.4. The van der Waals surface area contributed by atoms with Crippen LogP contribution >= 0.6 is 0 Å². The monoisotopic (exact) mass is 290 g/mol. The van der Waals surface area contributed by atoms with Gasteiger partial charge in [-0.1, -0.05) is 31.2 Å². The number of carbonyl (C=O) groups is 1. The minimum atomic E-state index is 0.626. The molecule has 0 atom stereocenters. The zero-order chi connectivity index (χ0) is 15.5. The van der Waals surface area contributed by atoms with Gasteiger partial charge in [-0.15, -0.1) is 0 Å². The summed E-state index contributed by atoms with van der Waals surface area (Å²) in [5.74, 6) is 0. The fourth-order valence-electron chi connectivity index (χ4n) is 2.72. The molecular weight excluding hydrogens is 272 g/mol. The number of aldehydes is 1. The number of allylic oxidation sites excluding steroid dienone is 6. The van der Waals surface area contributed by atoms with E-state index in [0.29, 0.717) is 5.56 Å². The second-order valence-electron chi connectivity index (χ2n) is 5.28. The number of benzene rings is 1. The Hall–Kier alpha value is -2.55. The summed E-state index contributed by atoms with van der Waals surface area (Å²) in [5, 5.41) is 0. The molecule has 0 spiro atoms. The molecule has 0 N–H and O–H groups in total. The molecular formula is C19H18N2O. The van der Waals surface area contributed by atoms with Crippen LogP contribution in [0.2, 0.25) is 0 Å². The summed E-state index contributed by atoms with van der Waals surface area (Å²) in [5.41, 5.74) is 6.46. The Kier molecular flexibility index (Phi) is 3.96. The Labute approximate surface area is 130 Å². The quantitative estimate of drug-likeness (QED) is 0.773. The van der Waals surface area contributed by atoms with Gasteiger partial charge in [-0.2, -0.15) is 0 Å². The lowest BCUT2D eigenvalue weighted by molar-refractivity contribution is 0.112. The third-order valence-corrected chi connectivity index (χ3v) is 3.93. The predicted octanol–water partition coefficient (Wildman–Crippen LogP) is 4.60. The van der Waals surface area contributed by atoms with Gasteiger partial charge in [0.05, 0.1) is 22.4 Å². The number of hydrogen-bond donors (Lipinski definition) is 0. The lowest BCUT2D eigenvalue weighted by Crippen LogP contribution is -2.01. The molecule has 0 saturated carbocycles. The number of rotatable bonds is 4. The number of hydrogen-bond acceptors (Lipinski definition) is 3. The first-order chi connectivity index (χ1) is 10.8. The Balaban J connectivity index is 2.27. The van der Waals surface area contributed by atoms with Gasteiger partial charge < -0.3 is 0 Å². The van der Waals surface area contributed by atoms with Crippen molar-refractivity contribution in [2.75, 3.05) is 0 Å². The molecule has 1 aliphatic carbocycles. The highest BCUT2D eigenvalue weighted by molar-refractivity contribution is 5.88. The van der Waals surface area contributed by atoms with Crippen molar-refractivity contribution in [3.63, 3.8) is 0 Å². The highest BCUT2D eigenvalue weighted by atomic mass is 16.1. The summed E-state index contributed by atoms with van der Waals surface area (Å²) >= 11 is 0. The summed E-state index contributed by atoms with van der Waals surface area (Å²) in [4.78, 5) is 20.6. The van der Waals surface area contributed by atoms with Crippen molar-refractivity contribution in [3.8, 4) is 0 Å². The van der Waals surface area contributed by atoms with Gasteiger partial charge in [0.15, 0.2) is 0 Å². The third-order valence-electron chi connectivity index (χ3n) is 3.93. The third kappa shape index (κ3) is 2.50. The SMILES string of the molecule is C/C=C(\CC)c1nc2ccc(C=O)cc2nc1C1=CC=CC1. The molecule has 3 rings (SSSR count). The molecule has 0 saturated heterocycles. The van der Waals surface area contributed by atoms with Crippen LogP contribution < -0.4 is 0 Å². The summed E-state index contributed by atoms with van der Waals surface area (Å²) in [7, 11) is 0. The topological polar surface area (TPSA) is 42.9 Å². The molecule has 1 heterocycles. The first-order valence-corrected chi connectivity index (χ1v) is 7.55. The van der Waals surface area contributed by atoms with E-state index in [4.69, 9.17) is 9.97 Å². The molecule has 110 valence electrons. The largest absolute Gasteiger partial charge is 0.298 e. The summed E-state index contributed by atoms with van der Waals surface area (Å²) in [6.07, 6.45) is 11.0. The zero-order valence-electron chi connectivity index (χ0n) is 12.8. The van der Waals surface area contributed by atoms with E-state index in [1.807, 2.05) is 19.1 Å². The van der Waals surface area contributed by atoms with Crippen molar-refractivity contribution < 1.29 is 4.79 Å². The van der Waals surface area contributed by atoms with Gasteiger partial charge in [-0.25, -0.2) is 9.97 Å². The van der Waals surface area contributed by atoms with Crippen LogP contribution in [0.15, 0.2) is 42.5 Å². The maximum atomic E-state index is 11.0. The fourth-order valence-corrected chi connectivity index (χ4v) is 2.72. The maximum absolute atomic E-state index is 11.0. The van der Waals surface area contributed by atoms with Crippen molar-refractivity contribution in [1.82, 2.24) is 9.97 Å². The van der Waals surface area contributed by atoms with Crippen LogP contribution in [0.3, 0.4) is 0 Å². The van der Waals surface area contributed by atoms with Crippen LogP contribution in [0.25, 0.3) is 22.2 Å². The van der Waals surface area contributed by atoms with Crippen LogP contribution in [0, 0.1) is 0 Å². The molecule has 0 amide bonds. The molecule has 0 bridgehead atoms. The standard InChI is InChI=1S/C19H18N2O/c1-3-14(4-2)18-19(15-7-5-6-8-15)21-17-11-13(12-22)9-10-16(17)20-18/h3,5-7,9-12H,4,8H2,1-2H3/b14-3+. The van der Waals surface area contributed by atoms with Gasteiger partial charge in [0.2, 0.25) is 0 Å². The second-order valence-corrected chi connectivity index (χ2v) is 5.28.